The topological polar surface area (TPSA) is 25.0 Å². The Hall–Kier alpha value is -0.200. The van der Waals surface area contributed by atoms with E-state index in [-0.39, 0.29) is 0 Å². The molecular formula is C17H39N5. The molecule has 22 heavy (non-hydrogen) atoms. The zero-order valence-corrected chi connectivity index (χ0v) is 15.5. The molecule has 0 amide bonds. The summed E-state index contributed by atoms with van der Waals surface area (Å²) in [6, 6.07) is 0. The third-order valence-electron chi connectivity index (χ3n) is 4.95. The minimum atomic E-state index is 1.09. The van der Waals surface area contributed by atoms with E-state index in [9.17, 15) is 0 Å². The molecule has 0 aromatic carbocycles. The van der Waals surface area contributed by atoms with Gasteiger partial charge in [-0.25, -0.2) is 0 Å². The predicted molar refractivity (Wildman–Crippen MR) is 96.7 cm³/mol. The molecule has 0 radical (unpaired) electrons. The fourth-order valence-corrected chi connectivity index (χ4v) is 3.04. The number of nitrogens with one attached hydrogen (secondary N) is 1. The van der Waals surface area contributed by atoms with Gasteiger partial charge >= 0.3 is 0 Å². The average molecular weight is 314 g/mol. The average Bonchev–Trinajstić information content (AvgIpc) is 2.57. The highest BCUT2D eigenvalue weighted by atomic mass is 15.3. The maximum absolute atomic E-state index is 3.24. The van der Waals surface area contributed by atoms with Gasteiger partial charge in [0.05, 0.1) is 0 Å². The van der Waals surface area contributed by atoms with Crippen LogP contribution in [0, 0.1) is 0 Å². The summed E-state index contributed by atoms with van der Waals surface area (Å²) in [4.78, 5) is 10.3. The summed E-state index contributed by atoms with van der Waals surface area (Å²) in [5.41, 5.74) is 0. The van der Waals surface area contributed by atoms with Gasteiger partial charge in [-0.2, -0.15) is 0 Å². The van der Waals surface area contributed by atoms with Crippen LogP contribution < -0.4 is 5.32 Å². The molecule has 0 aliphatic carbocycles. The summed E-state index contributed by atoms with van der Waals surface area (Å²) >= 11 is 0. The fourth-order valence-electron chi connectivity index (χ4n) is 3.04. The van der Waals surface area contributed by atoms with Crippen LogP contribution >= 0.6 is 0 Å². The van der Waals surface area contributed by atoms with Crippen LogP contribution in [0.3, 0.4) is 0 Å². The molecule has 1 aliphatic heterocycles. The minimum absolute atomic E-state index is 1.09. The van der Waals surface area contributed by atoms with E-state index in [1.54, 1.807) is 0 Å². The van der Waals surface area contributed by atoms with Crippen LogP contribution in [0.25, 0.3) is 0 Å². The van der Waals surface area contributed by atoms with E-state index < -0.39 is 0 Å². The lowest BCUT2D eigenvalue weighted by Gasteiger charge is -2.36. The van der Waals surface area contributed by atoms with Crippen LogP contribution in [0.15, 0.2) is 0 Å². The monoisotopic (exact) mass is 313 g/mol. The molecule has 0 aromatic rings. The smallest absolute Gasteiger partial charge is 0.0110 e. The normalized spacial score (nSPS) is 17.7. The van der Waals surface area contributed by atoms with Gasteiger partial charge in [0.25, 0.3) is 0 Å². The van der Waals surface area contributed by atoms with E-state index in [2.05, 4.69) is 45.7 Å². The van der Waals surface area contributed by atoms with Gasteiger partial charge in [0.2, 0.25) is 0 Å². The Balaban J connectivity index is 2.14. The summed E-state index contributed by atoms with van der Waals surface area (Å²) < 4.78 is 0. The van der Waals surface area contributed by atoms with Gasteiger partial charge < -0.3 is 15.1 Å². The number of nitrogens with zero attached hydrogens (tertiary/aromatic N) is 4. The third kappa shape index (κ3) is 7.88. The Morgan fingerprint density at radius 3 is 1.59 bits per heavy atom. The highest BCUT2D eigenvalue weighted by Crippen LogP contribution is 2.02. The Labute approximate surface area is 138 Å². The first kappa shape index (κ1) is 19.8. The SMILES string of the molecule is CCN(CC)CCN1CCN(CCN(CC)CCNC)CC1. The number of likely N-dealkylation sites (N-methyl/N-ethyl adjacent to an activating group) is 3. The molecule has 0 bridgehead atoms. The van der Waals surface area contributed by atoms with Crippen LogP contribution in [-0.4, -0.2) is 112 Å². The molecule has 1 rings (SSSR count). The molecule has 0 saturated carbocycles. The zero-order valence-electron chi connectivity index (χ0n) is 15.5. The highest BCUT2D eigenvalue weighted by molar-refractivity contribution is 4.74. The summed E-state index contributed by atoms with van der Waals surface area (Å²) in [5.74, 6) is 0. The first-order valence-electron chi connectivity index (χ1n) is 9.27. The Morgan fingerprint density at radius 2 is 1.18 bits per heavy atom. The molecule has 1 N–H and O–H groups in total. The van der Waals surface area contributed by atoms with Crippen molar-refractivity contribution in [3.8, 4) is 0 Å². The van der Waals surface area contributed by atoms with Crippen molar-refractivity contribution < 1.29 is 0 Å². The second-order valence-corrected chi connectivity index (χ2v) is 6.25. The van der Waals surface area contributed by atoms with E-state index in [4.69, 9.17) is 0 Å². The van der Waals surface area contributed by atoms with Crippen LogP contribution in [0.1, 0.15) is 20.8 Å². The van der Waals surface area contributed by atoms with E-state index in [0.717, 1.165) is 19.6 Å². The lowest BCUT2D eigenvalue weighted by molar-refractivity contribution is 0.110. The zero-order chi connectivity index (χ0) is 16.2. The molecule has 5 nitrogen and oxygen atoms in total. The summed E-state index contributed by atoms with van der Waals surface area (Å²) in [6.45, 7) is 22.4. The molecule has 5 heteroatoms. The Kier molecular flexibility index (Phi) is 11.1. The third-order valence-corrected chi connectivity index (χ3v) is 4.95. The van der Waals surface area contributed by atoms with Gasteiger partial charge in [-0.3, -0.25) is 9.80 Å². The number of rotatable bonds is 12. The van der Waals surface area contributed by atoms with E-state index in [1.165, 1.54) is 65.4 Å². The van der Waals surface area contributed by atoms with Crippen molar-refractivity contribution in [2.75, 3.05) is 92.1 Å². The fraction of sp³-hybridized carbons (Fsp3) is 1.00. The van der Waals surface area contributed by atoms with Gasteiger partial charge in [-0.1, -0.05) is 20.8 Å². The molecule has 0 unspecified atom stereocenters. The molecule has 0 atom stereocenters. The Morgan fingerprint density at radius 1 is 0.727 bits per heavy atom. The molecule has 132 valence electrons. The summed E-state index contributed by atoms with van der Waals surface area (Å²) in [5, 5.41) is 3.24. The van der Waals surface area contributed by atoms with Gasteiger partial charge in [0.15, 0.2) is 0 Å². The van der Waals surface area contributed by atoms with Crippen LogP contribution in [-0.2, 0) is 0 Å². The van der Waals surface area contributed by atoms with Crippen molar-refractivity contribution in [2.24, 2.45) is 0 Å². The molecule has 1 fully saturated rings. The van der Waals surface area contributed by atoms with Gasteiger partial charge in [-0.15, -0.1) is 0 Å². The second-order valence-electron chi connectivity index (χ2n) is 6.25. The van der Waals surface area contributed by atoms with Crippen molar-refractivity contribution in [2.45, 2.75) is 20.8 Å². The van der Waals surface area contributed by atoms with Gasteiger partial charge in [-0.05, 0) is 26.7 Å². The van der Waals surface area contributed by atoms with Crippen LogP contribution in [0.4, 0.5) is 0 Å². The minimum Gasteiger partial charge on any atom is -0.318 e. The van der Waals surface area contributed by atoms with Crippen molar-refractivity contribution in [1.82, 2.24) is 24.9 Å². The Bertz CT molecular complexity index is 249. The second kappa shape index (κ2) is 12.3. The van der Waals surface area contributed by atoms with Crippen LogP contribution in [0.2, 0.25) is 0 Å². The van der Waals surface area contributed by atoms with Gasteiger partial charge in [0, 0.05) is 65.4 Å². The number of hydrogen-bond acceptors (Lipinski definition) is 5. The summed E-state index contributed by atoms with van der Waals surface area (Å²) in [6.07, 6.45) is 0. The predicted octanol–water partition coefficient (Wildman–Crippen LogP) is 0.487. The molecule has 1 saturated heterocycles. The molecular weight excluding hydrogens is 274 g/mol. The lowest BCUT2D eigenvalue weighted by atomic mass is 10.3. The molecule has 1 aliphatic rings. The van der Waals surface area contributed by atoms with E-state index in [1.807, 2.05) is 7.05 Å². The van der Waals surface area contributed by atoms with E-state index >= 15 is 0 Å². The maximum Gasteiger partial charge on any atom is 0.0110 e. The molecule has 1 heterocycles. The number of hydrogen-bond donors (Lipinski definition) is 1. The largest absolute Gasteiger partial charge is 0.318 e. The van der Waals surface area contributed by atoms with Crippen molar-refractivity contribution in [1.29, 1.82) is 0 Å². The molecule has 0 spiro atoms. The molecule has 0 aromatic heterocycles. The first-order chi connectivity index (χ1) is 10.7. The van der Waals surface area contributed by atoms with Crippen molar-refractivity contribution in [3.63, 3.8) is 0 Å². The van der Waals surface area contributed by atoms with Crippen molar-refractivity contribution in [3.05, 3.63) is 0 Å². The number of piperazine rings is 1. The first-order valence-corrected chi connectivity index (χ1v) is 9.27. The van der Waals surface area contributed by atoms with E-state index in [0.29, 0.717) is 0 Å². The quantitative estimate of drug-likeness (QED) is 0.565. The maximum atomic E-state index is 3.24. The lowest BCUT2D eigenvalue weighted by Crippen LogP contribution is -2.50. The van der Waals surface area contributed by atoms with Crippen molar-refractivity contribution >= 4 is 0 Å². The standard InChI is InChI=1S/C17H39N5/c1-5-19(6-2)10-12-21-14-16-22(17-15-21)13-11-20(7-3)9-8-18-4/h18H,5-17H2,1-4H3. The van der Waals surface area contributed by atoms with Gasteiger partial charge in [0.1, 0.15) is 0 Å². The summed E-state index contributed by atoms with van der Waals surface area (Å²) in [7, 11) is 2.03. The highest BCUT2D eigenvalue weighted by Gasteiger charge is 2.17. The van der Waals surface area contributed by atoms with Crippen LogP contribution in [0.5, 0.6) is 0 Å².